The molecule has 0 saturated carbocycles. The molecule has 13 nitrogen and oxygen atoms in total. The smallest absolute Gasteiger partial charge is 0.274 e. The second kappa shape index (κ2) is 13.8. The van der Waals surface area contributed by atoms with E-state index in [0.717, 1.165) is 10.8 Å². The van der Waals surface area contributed by atoms with E-state index in [1.54, 1.807) is 56.9 Å². The minimum atomic E-state index is -0.644. The molecule has 1 aliphatic heterocycles. The van der Waals surface area contributed by atoms with Gasteiger partial charge in [-0.15, -0.1) is 0 Å². The van der Waals surface area contributed by atoms with Gasteiger partial charge in [0.25, 0.3) is 5.69 Å². The van der Waals surface area contributed by atoms with Crippen molar-refractivity contribution in [3.05, 3.63) is 77.0 Å². The van der Waals surface area contributed by atoms with E-state index in [-0.39, 0.29) is 24.8 Å². The van der Waals surface area contributed by atoms with Gasteiger partial charge in [0.05, 0.1) is 36.1 Å². The summed E-state index contributed by atoms with van der Waals surface area (Å²) in [5, 5.41) is 25.0. The summed E-state index contributed by atoms with van der Waals surface area (Å²) < 4.78 is 13.7. The zero-order valence-electron chi connectivity index (χ0n) is 21.7. The van der Waals surface area contributed by atoms with Crippen molar-refractivity contribution in [2.45, 2.75) is 49.3 Å². The summed E-state index contributed by atoms with van der Waals surface area (Å²) in [5.41, 5.74) is 1.27. The highest BCUT2D eigenvalue weighted by Crippen LogP contribution is 2.34. The molecule has 2 N–H and O–H groups in total. The molecule has 3 atom stereocenters. The maximum absolute atomic E-state index is 12.6. The third-order valence-corrected chi connectivity index (χ3v) is 8.69. The van der Waals surface area contributed by atoms with Gasteiger partial charge in [0.15, 0.2) is 17.0 Å². The summed E-state index contributed by atoms with van der Waals surface area (Å²) in [6.45, 7) is -0.294. The molecule has 2 unspecified atom stereocenters. The van der Waals surface area contributed by atoms with Crippen LogP contribution in [0.25, 0.3) is 11.2 Å². The molecule has 1 aliphatic rings. The minimum Gasteiger partial charge on any atom is -0.394 e. The fourth-order valence-corrected chi connectivity index (χ4v) is 6.32. The number of fused-ring (bicyclic) bond motifs is 1. The van der Waals surface area contributed by atoms with Gasteiger partial charge < -0.3 is 19.9 Å². The lowest BCUT2D eigenvalue weighted by atomic mass is 10.1. The molecule has 15 heteroatoms. The van der Waals surface area contributed by atoms with Crippen LogP contribution in [0.2, 0.25) is 0 Å². The Morgan fingerprint density at radius 3 is 2.85 bits per heavy atom. The number of amides is 1. The molecule has 214 valence electrons. The molecule has 1 fully saturated rings. The molecular formula is C26H27N7O6S2. The molecule has 3 aromatic heterocycles. The number of aromatic nitrogens is 5. The molecule has 5 rings (SSSR count). The molecular weight excluding hydrogens is 570 g/mol. The number of aliphatic hydroxyl groups is 1. The lowest BCUT2D eigenvalue weighted by molar-refractivity contribution is -0.386. The van der Waals surface area contributed by atoms with Gasteiger partial charge in [-0.1, -0.05) is 29.0 Å². The van der Waals surface area contributed by atoms with Crippen LogP contribution in [0.15, 0.2) is 66.3 Å². The van der Waals surface area contributed by atoms with Crippen molar-refractivity contribution in [2.75, 3.05) is 17.7 Å². The molecule has 1 saturated heterocycles. The van der Waals surface area contributed by atoms with E-state index in [1.807, 2.05) is 18.2 Å². The number of hydrogen-bond acceptors (Lipinski definition) is 12. The molecule has 0 spiro atoms. The molecule has 4 aromatic rings. The Balaban J connectivity index is 1.18. The monoisotopic (exact) mass is 597 g/mol. The number of aliphatic hydroxyl groups excluding tert-OH is 1. The Morgan fingerprint density at radius 1 is 1.20 bits per heavy atom. The van der Waals surface area contributed by atoms with E-state index in [2.05, 4.69) is 25.3 Å². The van der Waals surface area contributed by atoms with E-state index < -0.39 is 23.4 Å². The van der Waals surface area contributed by atoms with Crippen molar-refractivity contribution in [2.24, 2.45) is 0 Å². The number of rotatable bonds is 13. The number of imidazole rings is 1. The van der Waals surface area contributed by atoms with Crippen LogP contribution in [0.4, 0.5) is 11.5 Å². The van der Waals surface area contributed by atoms with Crippen LogP contribution in [0.1, 0.15) is 31.1 Å². The van der Waals surface area contributed by atoms with E-state index in [1.165, 1.54) is 12.4 Å². The predicted octanol–water partition coefficient (Wildman–Crippen LogP) is 4.15. The van der Waals surface area contributed by atoms with Gasteiger partial charge in [0, 0.05) is 30.9 Å². The van der Waals surface area contributed by atoms with Crippen LogP contribution in [0.3, 0.4) is 0 Å². The third kappa shape index (κ3) is 7.18. The second-order valence-electron chi connectivity index (χ2n) is 9.05. The fourth-order valence-electron chi connectivity index (χ4n) is 4.36. The first-order chi connectivity index (χ1) is 20.0. The Kier molecular flexibility index (Phi) is 9.74. The number of carbonyl (C=O) groups is 1. The maximum atomic E-state index is 12.6. The fraction of sp³-hybridized carbons (Fsp3) is 0.346. The van der Waals surface area contributed by atoms with Gasteiger partial charge in [0.2, 0.25) is 5.91 Å². The first kappa shape index (κ1) is 28.9. The van der Waals surface area contributed by atoms with Gasteiger partial charge in [0.1, 0.15) is 23.7 Å². The third-order valence-electron chi connectivity index (χ3n) is 6.34. The molecule has 0 radical (unpaired) electrons. The van der Waals surface area contributed by atoms with Gasteiger partial charge in [-0.05, 0) is 35.4 Å². The van der Waals surface area contributed by atoms with E-state index >= 15 is 0 Å². The zero-order valence-corrected chi connectivity index (χ0v) is 23.4. The molecule has 0 aliphatic carbocycles. The normalized spacial score (nSPS) is 18.5. The number of nitro benzene ring substituents is 1. The van der Waals surface area contributed by atoms with Gasteiger partial charge in [-0.3, -0.25) is 19.5 Å². The van der Waals surface area contributed by atoms with Crippen LogP contribution in [-0.4, -0.2) is 65.0 Å². The Labute approximate surface area is 242 Å². The van der Waals surface area contributed by atoms with Crippen LogP contribution < -0.4 is 5.32 Å². The standard InChI is InChI=1S/C26H27N7O6S2/c34-13-20-19(38-14-17-6-1-2-7-18(17)33(36)37)12-23(39-20)32-16-30-24-25(28-15-29-26(24)32)31-21(35)8-5-11-40-41-22-9-3-4-10-27-22/h1-4,6-7,9-10,15-16,19-20,23,34H,5,8,11-14H2,(H,28,29,31,35)/t19?,20?,23-/m1/s1. The zero-order chi connectivity index (χ0) is 28.6. The largest absolute Gasteiger partial charge is 0.394 e. The highest BCUT2D eigenvalue weighted by atomic mass is 33.1. The lowest BCUT2D eigenvalue weighted by Gasteiger charge is -2.16. The van der Waals surface area contributed by atoms with Gasteiger partial charge >= 0.3 is 0 Å². The van der Waals surface area contributed by atoms with E-state index in [4.69, 9.17) is 9.47 Å². The first-order valence-corrected chi connectivity index (χ1v) is 15.1. The predicted molar refractivity (Wildman–Crippen MR) is 153 cm³/mol. The lowest BCUT2D eigenvalue weighted by Crippen LogP contribution is -2.27. The number of benzene rings is 1. The Morgan fingerprint density at radius 2 is 2.05 bits per heavy atom. The van der Waals surface area contributed by atoms with Crippen LogP contribution >= 0.6 is 21.6 Å². The van der Waals surface area contributed by atoms with E-state index in [9.17, 15) is 20.0 Å². The average Bonchev–Trinajstić information content (AvgIpc) is 3.61. The number of ether oxygens (including phenoxy) is 2. The van der Waals surface area contributed by atoms with Crippen molar-refractivity contribution in [1.82, 2.24) is 24.5 Å². The highest BCUT2D eigenvalue weighted by Gasteiger charge is 2.38. The highest BCUT2D eigenvalue weighted by molar-refractivity contribution is 8.76. The Hall–Kier alpha value is -3.63. The molecule has 4 heterocycles. The summed E-state index contributed by atoms with van der Waals surface area (Å²) in [4.78, 5) is 40.7. The number of nitro groups is 1. The molecule has 0 bridgehead atoms. The van der Waals surface area contributed by atoms with Crippen LogP contribution in [0.5, 0.6) is 0 Å². The average molecular weight is 598 g/mol. The Bertz CT molecular complexity index is 1490. The summed E-state index contributed by atoms with van der Waals surface area (Å²) >= 11 is 0. The second-order valence-corrected chi connectivity index (χ2v) is 11.5. The number of nitrogens with zero attached hydrogens (tertiary/aromatic N) is 6. The topological polar surface area (TPSA) is 167 Å². The SMILES string of the molecule is O=C(CCCSSc1ccccn1)Nc1ncnc2c1ncn2[C@H]1CC(OCc2ccccc2[N+](=O)[O-])C(CO)O1. The van der Waals surface area contributed by atoms with Gasteiger partial charge in [-0.25, -0.2) is 19.9 Å². The van der Waals surface area contributed by atoms with Crippen molar-refractivity contribution in [3.63, 3.8) is 0 Å². The van der Waals surface area contributed by atoms with E-state index in [0.29, 0.717) is 41.8 Å². The molecule has 41 heavy (non-hydrogen) atoms. The van der Waals surface area contributed by atoms with Crippen molar-refractivity contribution < 1.29 is 24.3 Å². The van der Waals surface area contributed by atoms with Crippen molar-refractivity contribution in [3.8, 4) is 0 Å². The first-order valence-electron chi connectivity index (χ1n) is 12.8. The number of pyridine rings is 1. The maximum Gasteiger partial charge on any atom is 0.274 e. The number of hydrogen-bond donors (Lipinski definition) is 2. The summed E-state index contributed by atoms with van der Waals surface area (Å²) in [6.07, 6.45) is 4.29. The summed E-state index contributed by atoms with van der Waals surface area (Å²) in [7, 11) is 3.22. The number of para-hydroxylation sites is 1. The van der Waals surface area contributed by atoms with Gasteiger partial charge in [-0.2, -0.15) is 0 Å². The number of anilines is 1. The van der Waals surface area contributed by atoms with Crippen LogP contribution in [-0.2, 0) is 20.9 Å². The summed E-state index contributed by atoms with van der Waals surface area (Å²) in [5.74, 6) is 0.910. The molecule has 1 aromatic carbocycles. The number of nitrogens with one attached hydrogen (secondary N) is 1. The van der Waals surface area contributed by atoms with Crippen LogP contribution in [0, 0.1) is 10.1 Å². The molecule has 1 amide bonds. The quantitative estimate of drug-likeness (QED) is 0.0979. The summed E-state index contributed by atoms with van der Waals surface area (Å²) in [6, 6.07) is 12.1. The van der Waals surface area contributed by atoms with Crippen molar-refractivity contribution >= 4 is 50.2 Å². The minimum absolute atomic E-state index is 0.00222. The number of carbonyl (C=O) groups excluding carboxylic acids is 1. The van der Waals surface area contributed by atoms with Crippen molar-refractivity contribution in [1.29, 1.82) is 0 Å².